The number of para-hydroxylation sites is 1. The molecule has 0 spiro atoms. The van der Waals surface area contributed by atoms with Crippen molar-refractivity contribution in [2.45, 2.75) is 22.6 Å². The van der Waals surface area contributed by atoms with Crippen LogP contribution in [0.5, 0.6) is 5.75 Å². The molecule has 35 heavy (non-hydrogen) atoms. The molecule has 1 amide bonds. The summed E-state index contributed by atoms with van der Waals surface area (Å²) in [6.45, 7) is 2.14. The minimum Gasteiger partial charge on any atom is -0.497 e. The van der Waals surface area contributed by atoms with Gasteiger partial charge in [0, 0.05) is 38.9 Å². The van der Waals surface area contributed by atoms with E-state index in [-0.39, 0.29) is 34.3 Å². The molecule has 0 N–H and O–H groups in total. The number of aromatic nitrogens is 1. The zero-order valence-corrected chi connectivity index (χ0v) is 22.0. The third kappa shape index (κ3) is 5.76. The molecular weight excluding hydrogens is 510 g/mol. The van der Waals surface area contributed by atoms with E-state index in [1.54, 1.807) is 29.2 Å². The third-order valence-electron chi connectivity index (χ3n) is 5.90. The van der Waals surface area contributed by atoms with Gasteiger partial charge in [-0.3, -0.25) is 4.79 Å². The number of thiazole rings is 1. The predicted molar refractivity (Wildman–Crippen MR) is 136 cm³/mol. The Labute approximate surface area is 209 Å². The molecule has 2 heterocycles. The summed E-state index contributed by atoms with van der Waals surface area (Å²) in [7, 11) is -5.33. The summed E-state index contributed by atoms with van der Waals surface area (Å²) >= 11 is 1.43. The number of rotatable bonds is 8. The average molecular weight is 538 g/mol. The van der Waals surface area contributed by atoms with E-state index in [4.69, 9.17) is 4.74 Å². The van der Waals surface area contributed by atoms with E-state index in [2.05, 4.69) is 9.88 Å². The maximum absolute atomic E-state index is 12.7. The lowest BCUT2D eigenvalue weighted by Gasteiger charge is -2.34. The van der Waals surface area contributed by atoms with E-state index in [1.807, 2.05) is 6.07 Å². The highest BCUT2D eigenvalue weighted by atomic mass is 32.2. The second-order valence-corrected chi connectivity index (χ2v) is 13.4. The van der Waals surface area contributed by atoms with Crippen LogP contribution in [0.4, 0.5) is 5.13 Å². The fourth-order valence-corrected chi connectivity index (χ4v) is 7.22. The Morgan fingerprint density at radius 3 is 2.34 bits per heavy atom. The summed E-state index contributed by atoms with van der Waals surface area (Å²) in [4.78, 5) is 21.5. The number of benzene rings is 2. The standard InChI is InChI=1S/C23H27N3O6S3/c1-32-17-8-10-18(11-9-17)35(30,31)16-4-7-21(27)25-12-14-26(15-13-25)23-24-22-19(33-23)5-3-6-20(22)34(2,28)29/h3,5-6,8-11H,4,7,12-16H2,1-2H3. The summed E-state index contributed by atoms with van der Waals surface area (Å²) in [5, 5.41) is 0.730. The smallest absolute Gasteiger partial charge is 0.222 e. The Morgan fingerprint density at radius 1 is 1.03 bits per heavy atom. The average Bonchev–Trinajstić information content (AvgIpc) is 3.28. The molecule has 1 aliphatic rings. The Balaban J connectivity index is 1.31. The summed E-state index contributed by atoms with van der Waals surface area (Å²) in [6, 6.07) is 11.4. The second-order valence-electron chi connectivity index (χ2n) is 8.34. The Hall–Kier alpha value is -2.70. The highest BCUT2D eigenvalue weighted by Gasteiger charge is 2.25. The zero-order valence-electron chi connectivity index (χ0n) is 19.5. The number of hydrogen-bond donors (Lipinski definition) is 0. The predicted octanol–water partition coefficient (Wildman–Crippen LogP) is 2.61. The van der Waals surface area contributed by atoms with Crippen molar-refractivity contribution in [2.75, 3.05) is 50.2 Å². The molecule has 12 heteroatoms. The first-order valence-corrected chi connectivity index (χ1v) is 15.4. The normalized spacial score (nSPS) is 14.9. The van der Waals surface area contributed by atoms with Crippen molar-refractivity contribution >= 4 is 52.3 Å². The van der Waals surface area contributed by atoms with E-state index in [0.717, 1.165) is 9.83 Å². The quantitative estimate of drug-likeness (QED) is 0.431. The van der Waals surface area contributed by atoms with Crippen molar-refractivity contribution < 1.29 is 26.4 Å². The monoisotopic (exact) mass is 537 g/mol. The molecule has 1 saturated heterocycles. The second kappa shape index (κ2) is 10.1. The molecule has 0 aliphatic carbocycles. The van der Waals surface area contributed by atoms with E-state index < -0.39 is 19.7 Å². The molecule has 0 unspecified atom stereocenters. The van der Waals surface area contributed by atoms with Gasteiger partial charge in [0.05, 0.1) is 27.4 Å². The van der Waals surface area contributed by atoms with E-state index in [9.17, 15) is 21.6 Å². The number of sulfone groups is 2. The van der Waals surface area contributed by atoms with Gasteiger partial charge in [0.1, 0.15) is 11.3 Å². The maximum Gasteiger partial charge on any atom is 0.222 e. The Bertz CT molecular complexity index is 1420. The van der Waals surface area contributed by atoms with Crippen LogP contribution in [0.3, 0.4) is 0 Å². The Kier molecular flexibility index (Phi) is 7.34. The van der Waals surface area contributed by atoms with Gasteiger partial charge in [0.2, 0.25) is 5.91 Å². The van der Waals surface area contributed by atoms with Crippen LogP contribution in [0, 0.1) is 0 Å². The molecular formula is C23H27N3O6S3. The van der Waals surface area contributed by atoms with Gasteiger partial charge in [0.15, 0.2) is 24.8 Å². The lowest BCUT2D eigenvalue weighted by Crippen LogP contribution is -2.48. The van der Waals surface area contributed by atoms with Crippen LogP contribution >= 0.6 is 11.3 Å². The molecule has 0 bridgehead atoms. The van der Waals surface area contributed by atoms with Crippen LogP contribution in [0.1, 0.15) is 12.8 Å². The highest BCUT2D eigenvalue weighted by molar-refractivity contribution is 7.91. The first kappa shape index (κ1) is 25.4. The van der Waals surface area contributed by atoms with Crippen LogP contribution in [-0.4, -0.2) is 77.9 Å². The Morgan fingerprint density at radius 2 is 1.71 bits per heavy atom. The number of nitrogens with zero attached hydrogens (tertiary/aromatic N) is 3. The number of piperazine rings is 1. The number of methoxy groups -OCH3 is 1. The molecule has 0 radical (unpaired) electrons. The van der Waals surface area contributed by atoms with Crippen molar-refractivity contribution in [3.63, 3.8) is 0 Å². The fraction of sp³-hybridized carbons (Fsp3) is 0.391. The van der Waals surface area contributed by atoms with Gasteiger partial charge >= 0.3 is 0 Å². The highest BCUT2D eigenvalue weighted by Crippen LogP contribution is 2.33. The summed E-state index contributed by atoms with van der Waals surface area (Å²) in [6.07, 6.45) is 1.58. The summed E-state index contributed by atoms with van der Waals surface area (Å²) < 4.78 is 55.1. The molecule has 4 rings (SSSR count). The van der Waals surface area contributed by atoms with Crippen molar-refractivity contribution in [1.29, 1.82) is 0 Å². The van der Waals surface area contributed by atoms with Gasteiger partial charge in [-0.25, -0.2) is 21.8 Å². The largest absolute Gasteiger partial charge is 0.497 e. The third-order valence-corrected chi connectivity index (χ3v) is 9.92. The number of fused-ring (bicyclic) bond motifs is 1. The molecule has 9 nitrogen and oxygen atoms in total. The molecule has 0 atom stereocenters. The van der Waals surface area contributed by atoms with Gasteiger partial charge in [-0.2, -0.15) is 0 Å². The number of carbonyl (C=O) groups excluding carboxylic acids is 1. The first-order chi connectivity index (χ1) is 16.6. The molecule has 188 valence electrons. The van der Waals surface area contributed by atoms with Crippen molar-refractivity contribution in [1.82, 2.24) is 9.88 Å². The van der Waals surface area contributed by atoms with Gasteiger partial charge in [-0.15, -0.1) is 0 Å². The van der Waals surface area contributed by atoms with Crippen LogP contribution in [0.2, 0.25) is 0 Å². The van der Waals surface area contributed by atoms with Crippen molar-refractivity contribution in [3.05, 3.63) is 42.5 Å². The zero-order chi connectivity index (χ0) is 25.2. The van der Waals surface area contributed by atoms with Crippen LogP contribution in [-0.2, 0) is 24.5 Å². The fourth-order valence-electron chi connectivity index (χ4n) is 3.97. The van der Waals surface area contributed by atoms with Gasteiger partial charge in [-0.1, -0.05) is 17.4 Å². The number of ether oxygens (including phenoxy) is 1. The summed E-state index contributed by atoms with van der Waals surface area (Å²) in [5.74, 6) is 0.414. The van der Waals surface area contributed by atoms with Crippen LogP contribution in [0.15, 0.2) is 52.3 Å². The first-order valence-electron chi connectivity index (χ1n) is 11.1. The van der Waals surface area contributed by atoms with Crippen LogP contribution < -0.4 is 9.64 Å². The van der Waals surface area contributed by atoms with E-state index in [0.29, 0.717) is 37.4 Å². The lowest BCUT2D eigenvalue weighted by atomic mass is 10.2. The molecule has 1 fully saturated rings. The van der Waals surface area contributed by atoms with Crippen molar-refractivity contribution in [2.24, 2.45) is 0 Å². The van der Waals surface area contributed by atoms with E-state index in [1.165, 1.54) is 36.8 Å². The van der Waals surface area contributed by atoms with Crippen molar-refractivity contribution in [3.8, 4) is 5.75 Å². The van der Waals surface area contributed by atoms with Gasteiger partial charge in [-0.05, 0) is 42.8 Å². The number of carbonyl (C=O) groups is 1. The van der Waals surface area contributed by atoms with Crippen LogP contribution in [0.25, 0.3) is 10.2 Å². The molecule has 1 aliphatic heterocycles. The SMILES string of the molecule is COc1ccc(S(=O)(=O)CCCC(=O)N2CCN(c3nc4c(S(C)(=O)=O)cccc4s3)CC2)cc1. The number of hydrogen-bond acceptors (Lipinski definition) is 9. The van der Waals surface area contributed by atoms with Gasteiger partial charge in [0.25, 0.3) is 0 Å². The molecule has 1 aromatic heterocycles. The number of amides is 1. The van der Waals surface area contributed by atoms with Gasteiger partial charge < -0.3 is 14.5 Å². The maximum atomic E-state index is 12.7. The molecule has 2 aromatic carbocycles. The van der Waals surface area contributed by atoms with E-state index >= 15 is 0 Å². The topological polar surface area (TPSA) is 114 Å². The minimum absolute atomic E-state index is 0.0711. The number of anilines is 1. The lowest BCUT2D eigenvalue weighted by molar-refractivity contribution is -0.131. The molecule has 0 saturated carbocycles. The summed E-state index contributed by atoms with van der Waals surface area (Å²) in [5.41, 5.74) is 0.478. The minimum atomic E-state index is -3.47. The molecule has 3 aromatic rings.